The lowest BCUT2D eigenvalue weighted by molar-refractivity contribution is 0.0322. The Balaban J connectivity index is 1.29. The highest BCUT2D eigenvalue weighted by Crippen LogP contribution is 2.33. The molecule has 0 saturated carbocycles. The smallest absolute Gasteiger partial charge is 0.180 e. The normalized spacial score (nSPS) is 14.1. The number of ether oxygens (including phenoxy) is 2. The van der Waals surface area contributed by atoms with Gasteiger partial charge in [-0.3, -0.25) is 4.90 Å². The van der Waals surface area contributed by atoms with Crippen molar-refractivity contribution in [3.8, 4) is 17.1 Å². The Kier molecular flexibility index (Phi) is 8.08. The number of rotatable bonds is 10. The summed E-state index contributed by atoms with van der Waals surface area (Å²) in [4.78, 5) is 17.2. The van der Waals surface area contributed by atoms with Crippen molar-refractivity contribution < 1.29 is 9.47 Å². The number of hydrogen-bond donors (Lipinski definition) is 2. The summed E-state index contributed by atoms with van der Waals surface area (Å²) < 4.78 is 11.3. The number of halogens is 1. The number of hydrogen-bond acceptors (Lipinski definition) is 7. The molecule has 194 valence electrons. The molecule has 1 saturated heterocycles. The molecule has 1 aliphatic heterocycles. The van der Waals surface area contributed by atoms with Crippen molar-refractivity contribution in [1.82, 2.24) is 19.9 Å². The Morgan fingerprint density at radius 3 is 2.49 bits per heavy atom. The fourth-order valence-corrected chi connectivity index (χ4v) is 4.70. The molecule has 2 N–H and O–H groups in total. The fourth-order valence-electron chi connectivity index (χ4n) is 4.51. The number of benzene rings is 2. The van der Waals surface area contributed by atoms with Gasteiger partial charge < -0.3 is 24.7 Å². The molecule has 0 aliphatic carbocycles. The van der Waals surface area contributed by atoms with Crippen LogP contribution in [-0.2, 0) is 4.74 Å². The number of pyridine rings is 1. The average Bonchev–Trinajstić information content (AvgIpc) is 3.38. The second-order valence-corrected chi connectivity index (χ2v) is 9.34. The second kappa shape index (κ2) is 11.8. The van der Waals surface area contributed by atoms with E-state index in [2.05, 4.69) is 63.2 Å². The molecule has 0 spiro atoms. The van der Waals surface area contributed by atoms with Crippen molar-refractivity contribution in [3.05, 3.63) is 59.8 Å². The molecule has 3 heterocycles. The first-order chi connectivity index (χ1) is 18.1. The van der Waals surface area contributed by atoms with Crippen molar-refractivity contribution in [2.45, 2.75) is 13.8 Å². The molecule has 37 heavy (non-hydrogen) atoms. The van der Waals surface area contributed by atoms with Gasteiger partial charge in [-0.15, -0.1) is 0 Å². The lowest BCUT2D eigenvalue weighted by Gasteiger charge is -2.26. The molecule has 2 aromatic carbocycles. The number of anilines is 3. The zero-order chi connectivity index (χ0) is 25.6. The minimum absolute atomic E-state index is 0.527. The number of imidazole rings is 1. The van der Waals surface area contributed by atoms with Gasteiger partial charge in [0.2, 0.25) is 0 Å². The van der Waals surface area contributed by atoms with E-state index in [0.717, 1.165) is 80.0 Å². The van der Waals surface area contributed by atoms with Gasteiger partial charge in [0.05, 0.1) is 30.1 Å². The summed E-state index contributed by atoms with van der Waals surface area (Å²) in [6, 6.07) is 16.3. The van der Waals surface area contributed by atoms with Crippen LogP contribution in [0.25, 0.3) is 22.6 Å². The third-order valence-corrected chi connectivity index (χ3v) is 6.93. The fraction of sp³-hybridized carbons (Fsp3) is 0.357. The summed E-state index contributed by atoms with van der Waals surface area (Å²) in [5.41, 5.74) is 5.21. The Labute approximate surface area is 222 Å². The summed E-state index contributed by atoms with van der Waals surface area (Å²) >= 11 is 6.55. The van der Waals surface area contributed by atoms with Gasteiger partial charge >= 0.3 is 0 Å². The van der Waals surface area contributed by atoms with Gasteiger partial charge in [-0.2, -0.15) is 0 Å². The summed E-state index contributed by atoms with van der Waals surface area (Å²) in [6.07, 6.45) is 1.63. The van der Waals surface area contributed by atoms with Crippen LogP contribution in [0.2, 0.25) is 5.02 Å². The number of aromatic amines is 1. The molecule has 2 aromatic heterocycles. The number of nitrogens with one attached hydrogen (secondary N) is 2. The van der Waals surface area contributed by atoms with E-state index in [-0.39, 0.29) is 0 Å². The summed E-state index contributed by atoms with van der Waals surface area (Å²) in [5.74, 6) is 1.56. The summed E-state index contributed by atoms with van der Waals surface area (Å²) in [7, 11) is 0. The monoisotopic (exact) mass is 520 g/mol. The highest BCUT2D eigenvalue weighted by atomic mass is 35.5. The first-order valence-corrected chi connectivity index (χ1v) is 13.2. The SMILES string of the molecule is CCN(CC)c1ccc(Nc2c(Cl)cnc3nc(-c4ccc(OCCN5CCOCC5)cc4)[nH]c23)cc1. The minimum atomic E-state index is 0.527. The van der Waals surface area contributed by atoms with Crippen molar-refractivity contribution in [1.29, 1.82) is 0 Å². The van der Waals surface area contributed by atoms with Crippen LogP contribution in [-0.4, -0.2) is 72.4 Å². The predicted molar refractivity (Wildman–Crippen MR) is 150 cm³/mol. The maximum absolute atomic E-state index is 6.55. The number of fused-ring (bicyclic) bond motifs is 1. The molecular formula is C28H33ClN6O2. The quantitative estimate of drug-likeness (QED) is 0.282. The van der Waals surface area contributed by atoms with Gasteiger partial charge in [0.15, 0.2) is 5.65 Å². The standard InChI is InChI=1S/C28H33ClN6O2/c1-3-35(4-2)22-9-7-21(8-10-22)31-25-24(29)19-30-28-26(25)32-27(33-28)20-5-11-23(12-6-20)37-18-15-34-13-16-36-17-14-34/h5-12,19H,3-4,13-18H2,1-2H3,(H2,30,31,32,33). The van der Waals surface area contributed by atoms with Crippen LogP contribution in [0, 0.1) is 0 Å². The van der Waals surface area contributed by atoms with Crippen molar-refractivity contribution >= 4 is 39.8 Å². The van der Waals surface area contributed by atoms with Crippen molar-refractivity contribution in [2.24, 2.45) is 0 Å². The molecular weight excluding hydrogens is 488 g/mol. The Morgan fingerprint density at radius 1 is 1.05 bits per heavy atom. The van der Waals surface area contributed by atoms with E-state index in [4.69, 9.17) is 26.1 Å². The zero-order valence-corrected chi connectivity index (χ0v) is 22.1. The van der Waals surface area contributed by atoms with Gasteiger partial charge in [-0.25, -0.2) is 9.97 Å². The van der Waals surface area contributed by atoms with E-state index < -0.39 is 0 Å². The number of aromatic nitrogens is 3. The lowest BCUT2D eigenvalue weighted by atomic mass is 10.2. The Hall–Kier alpha value is -3.33. The Morgan fingerprint density at radius 2 is 1.78 bits per heavy atom. The average molecular weight is 521 g/mol. The summed E-state index contributed by atoms with van der Waals surface area (Å²) in [5, 5.41) is 3.98. The summed E-state index contributed by atoms with van der Waals surface area (Å²) in [6.45, 7) is 11.3. The van der Waals surface area contributed by atoms with Gasteiger partial charge in [0.25, 0.3) is 0 Å². The van der Waals surface area contributed by atoms with Gasteiger partial charge in [-0.1, -0.05) is 11.6 Å². The molecule has 5 rings (SSSR count). The van der Waals surface area contributed by atoms with Gasteiger partial charge in [0, 0.05) is 49.7 Å². The first kappa shape index (κ1) is 25.3. The van der Waals surface area contributed by atoms with Crippen LogP contribution in [0.15, 0.2) is 54.7 Å². The van der Waals surface area contributed by atoms with E-state index in [1.807, 2.05) is 24.3 Å². The zero-order valence-electron chi connectivity index (χ0n) is 21.3. The number of morpholine rings is 1. The molecule has 1 aliphatic rings. The first-order valence-electron chi connectivity index (χ1n) is 12.8. The molecule has 1 fully saturated rings. The second-order valence-electron chi connectivity index (χ2n) is 8.94. The van der Waals surface area contributed by atoms with Crippen LogP contribution >= 0.6 is 11.6 Å². The highest BCUT2D eigenvalue weighted by Gasteiger charge is 2.15. The molecule has 0 radical (unpaired) electrons. The van der Waals surface area contributed by atoms with Gasteiger partial charge in [-0.05, 0) is 62.4 Å². The molecule has 8 nitrogen and oxygen atoms in total. The van der Waals surface area contributed by atoms with E-state index >= 15 is 0 Å². The molecule has 0 amide bonds. The van der Waals surface area contributed by atoms with E-state index in [1.165, 1.54) is 5.69 Å². The molecule has 0 atom stereocenters. The van der Waals surface area contributed by atoms with Crippen molar-refractivity contribution in [2.75, 3.05) is 62.8 Å². The van der Waals surface area contributed by atoms with E-state index in [1.54, 1.807) is 6.20 Å². The maximum atomic E-state index is 6.55. The number of nitrogens with zero attached hydrogens (tertiary/aromatic N) is 4. The third kappa shape index (κ3) is 5.98. The molecule has 0 bridgehead atoms. The van der Waals surface area contributed by atoms with Crippen LogP contribution in [0.1, 0.15) is 13.8 Å². The Bertz CT molecular complexity index is 1300. The van der Waals surface area contributed by atoms with Gasteiger partial charge in [0.1, 0.15) is 23.7 Å². The van der Waals surface area contributed by atoms with E-state index in [0.29, 0.717) is 17.3 Å². The largest absolute Gasteiger partial charge is 0.492 e. The molecule has 9 heteroatoms. The third-order valence-electron chi connectivity index (χ3n) is 6.65. The van der Waals surface area contributed by atoms with Crippen LogP contribution in [0.3, 0.4) is 0 Å². The highest BCUT2D eigenvalue weighted by molar-refractivity contribution is 6.34. The van der Waals surface area contributed by atoms with Crippen LogP contribution in [0.5, 0.6) is 5.75 Å². The topological polar surface area (TPSA) is 78.5 Å². The predicted octanol–water partition coefficient (Wildman–Crippen LogP) is 5.58. The van der Waals surface area contributed by atoms with E-state index in [9.17, 15) is 0 Å². The van der Waals surface area contributed by atoms with Crippen LogP contribution < -0.4 is 15.0 Å². The lowest BCUT2D eigenvalue weighted by Crippen LogP contribution is -2.38. The van der Waals surface area contributed by atoms with Crippen molar-refractivity contribution in [3.63, 3.8) is 0 Å². The molecule has 0 unspecified atom stereocenters. The maximum Gasteiger partial charge on any atom is 0.180 e. The van der Waals surface area contributed by atoms with Crippen LogP contribution in [0.4, 0.5) is 17.1 Å². The number of H-pyrrole nitrogens is 1. The molecule has 4 aromatic rings. The minimum Gasteiger partial charge on any atom is -0.492 e.